The van der Waals surface area contributed by atoms with Gasteiger partial charge in [0.15, 0.2) is 0 Å². The Kier molecular flexibility index (Phi) is 8.73. The summed E-state index contributed by atoms with van der Waals surface area (Å²) in [5.74, 6) is 0. The van der Waals surface area contributed by atoms with E-state index in [2.05, 4.69) is 6.07 Å². The Hall–Kier alpha value is 0.266. The molecule has 1 nitrogen and oxygen atoms in total. The fourth-order valence-corrected chi connectivity index (χ4v) is 0.662. The van der Waals surface area contributed by atoms with E-state index in [1.165, 1.54) is 0 Å². The maximum atomic E-state index is 3.09. The molecule has 1 aromatic rings. The second-order valence-corrected chi connectivity index (χ2v) is 2.14. The number of hydrogen-bond acceptors (Lipinski definition) is 1. The fourth-order valence-electron chi connectivity index (χ4n) is 0.662. The number of hydrogen-bond donors (Lipinski definition) is 0. The van der Waals surface area contributed by atoms with Crippen LogP contribution in [-0.2, 0) is 0 Å². The molecule has 0 aliphatic rings. The third-order valence-electron chi connectivity index (χ3n) is 1.17. The fraction of sp³-hybridized carbons (Fsp3) is 0.250. The van der Waals surface area contributed by atoms with Crippen LogP contribution in [0.3, 0.4) is 0 Å². The molecule has 1 aromatic carbocycles. The van der Waals surface area contributed by atoms with Gasteiger partial charge in [0.2, 0.25) is 0 Å². The van der Waals surface area contributed by atoms with Gasteiger partial charge in [0, 0.05) is 14.1 Å². The summed E-state index contributed by atoms with van der Waals surface area (Å²) in [4.78, 5) is 2.03. The molecule has 0 bridgehead atoms. The molecule has 0 unspecified atom stereocenters. The first kappa shape index (κ1) is 13.8. The van der Waals surface area contributed by atoms with E-state index in [0.29, 0.717) is 0 Å². The molecule has 0 aromatic heterocycles. The number of anilines is 1. The molecule has 11 heavy (non-hydrogen) atoms. The molecule has 0 fully saturated rings. The number of halogens is 1. The Bertz CT molecular complexity index is 177. The van der Waals surface area contributed by atoms with Gasteiger partial charge in [0.1, 0.15) is 0 Å². The van der Waals surface area contributed by atoms with Crippen molar-refractivity contribution >= 4 is 28.7 Å². The first-order valence-electron chi connectivity index (χ1n) is 2.95. The van der Waals surface area contributed by atoms with Crippen molar-refractivity contribution < 1.29 is 17.0 Å². The van der Waals surface area contributed by atoms with Gasteiger partial charge in [0.25, 0.3) is 0 Å². The second-order valence-electron chi connectivity index (χ2n) is 2.14. The first-order chi connectivity index (χ1) is 4.30. The zero-order valence-corrected chi connectivity index (χ0v) is 9.84. The van der Waals surface area contributed by atoms with E-state index in [1.807, 2.05) is 43.3 Å². The summed E-state index contributed by atoms with van der Waals surface area (Å²) in [5.41, 5.74) is 1.12. The van der Waals surface area contributed by atoms with Crippen molar-refractivity contribution in [3.8, 4) is 0 Å². The maximum Gasteiger partial charge on any atom is 2.00 e. The maximum absolute atomic E-state index is 3.09. The van der Waals surface area contributed by atoms with Gasteiger partial charge in [-0.15, -0.1) is 6.07 Å². The van der Waals surface area contributed by atoms with Gasteiger partial charge in [-0.1, -0.05) is 5.69 Å². The van der Waals surface area contributed by atoms with E-state index in [9.17, 15) is 0 Å². The van der Waals surface area contributed by atoms with Crippen molar-refractivity contribution in [2.75, 3.05) is 19.0 Å². The van der Waals surface area contributed by atoms with E-state index in [0.717, 1.165) is 5.69 Å². The van der Waals surface area contributed by atoms with Crippen LogP contribution < -0.4 is 21.9 Å². The largest absolute Gasteiger partial charge is 2.00 e. The van der Waals surface area contributed by atoms with Crippen LogP contribution in [0.1, 0.15) is 0 Å². The summed E-state index contributed by atoms with van der Waals surface area (Å²) < 4.78 is 0. The van der Waals surface area contributed by atoms with Crippen LogP contribution in [0.5, 0.6) is 0 Å². The van der Waals surface area contributed by atoms with Crippen molar-refractivity contribution in [3.05, 3.63) is 30.3 Å². The predicted molar refractivity (Wildman–Crippen MR) is 45.4 cm³/mol. The molecule has 0 amide bonds. The zero-order chi connectivity index (χ0) is 6.69. The van der Waals surface area contributed by atoms with Gasteiger partial charge in [-0.05, 0) is 0 Å². The van der Waals surface area contributed by atoms with E-state index in [1.54, 1.807) is 0 Å². The molecule has 0 aliphatic carbocycles. The summed E-state index contributed by atoms with van der Waals surface area (Å²) >= 11 is 0. The van der Waals surface area contributed by atoms with Crippen LogP contribution in [0.4, 0.5) is 5.69 Å². The summed E-state index contributed by atoms with van der Waals surface area (Å²) in [6.07, 6.45) is 0. The minimum absolute atomic E-state index is 0. The molecule has 56 valence electrons. The summed E-state index contributed by atoms with van der Waals surface area (Å²) in [6.45, 7) is 0. The van der Waals surface area contributed by atoms with Crippen LogP contribution in [-0.4, -0.2) is 37.1 Å². The minimum atomic E-state index is 0. The van der Waals surface area contributed by atoms with Gasteiger partial charge in [-0.3, -0.25) is 0 Å². The molecule has 0 aliphatic heterocycles. The van der Waals surface area contributed by atoms with Gasteiger partial charge in [0.05, 0.1) is 0 Å². The third kappa shape index (κ3) is 4.66. The Morgan fingerprint density at radius 1 is 1.27 bits per heavy atom. The molecule has 0 radical (unpaired) electrons. The van der Waals surface area contributed by atoms with E-state index < -0.39 is 0 Å². The molecule has 0 N–H and O–H groups in total. The molecule has 0 atom stereocenters. The first-order valence-corrected chi connectivity index (χ1v) is 2.95. The van der Waals surface area contributed by atoms with Crippen LogP contribution in [0, 0.1) is 6.07 Å². The molecular formula is C8H10BrMgN. The monoisotopic (exact) mass is 223 g/mol. The van der Waals surface area contributed by atoms with Crippen molar-refractivity contribution in [1.82, 2.24) is 0 Å². The van der Waals surface area contributed by atoms with Crippen molar-refractivity contribution in [3.63, 3.8) is 0 Å². The molecule has 1 rings (SSSR count). The molecule has 0 heterocycles. The number of para-hydroxylation sites is 1. The van der Waals surface area contributed by atoms with Crippen molar-refractivity contribution in [1.29, 1.82) is 0 Å². The normalized spacial score (nSPS) is 7.45. The molecule has 0 saturated heterocycles. The standard InChI is InChI=1S/C8H10N.BrH.Mg/c1-9(2)8-6-4-3-5-7-8;;/h3-6H,1-2H3;1H;/q-1;;+2/p-1. The third-order valence-corrected chi connectivity index (χ3v) is 1.17. The average molecular weight is 224 g/mol. The summed E-state index contributed by atoms with van der Waals surface area (Å²) in [7, 11) is 4.01. The minimum Gasteiger partial charge on any atom is -1.00 e. The molecule has 0 spiro atoms. The van der Waals surface area contributed by atoms with Gasteiger partial charge in [-0.2, -0.15) is 24.3 Å². The number of rotatable bonds is 1. The van der Waals surface area contributed by atoms with Crippen LogP contribution in [0.2, 0.25) is 0 Å². The molecule has 0 saturated carbocycles. The summed E-state index contributed by atoms with van der Waals surface area (Å²) in [6, 6.07) is 11.0. The Morgan fingerprint density at radius 2 is 1.91 bits per heavy atom. The van der Waals surface area contributed by atoms with Crippen molar-refractivity contribution in [2.45, 2.75) is 0 Å². The Balaban J connectivity index is 0. The quantitative estimate of drug-likeness (QED) is 0.401. The van der Waals surface area contributed by atoms with Gasteiger partial charge < -0.3 is 21.9 Å². The SMILES string of the molecule is CN(C)c1[c-]cccc1.[Br-].[Mg+2]. The number of nitrogens with zero attached hydrogens (tertiary/aromatic N) is 1. The van der Waals surface area contributed by atoms with Gasteiger partial charge in [-0.25, -0.2) is 0 Å². The molecular weight excluding hydrogens is 214 g/mol. The van der Waals surface area contributed by atoms with Crippen LogP contribution in [0.25, 0.3) is 0 Å². The summed E-state index contributed by atoms with van der Waals surface area (Å²) in [5, 5.41) is 0. The van der Waals surface area contributed by atoms with E-state index >= 15 is 0 Å². The average Bonchev–Trinajstić information content (AvgIpc) is 1.90. The topological polar surface area (TPSA) is 3.24 Å². The Labute approximate surface area is 94.7 Å². The van der Waals surface area contributed by atoms with Crippen LogP contribution in [0.15, 0.2) is 24.3 Å². The van der Waals surface area contributed by atoms with Gasteiger partial charge >= 0.3 is 23.1 Å². The predicted octanol–water partition coefficient (Wildman–Crippen LogP) is -1.82. The Morgan fingerprint density at radius 3 is 2.18 bits per heavy atom. The van der Waals surface area contributed by atoms with Crippen LogP contribution >= 0.6 is 0 Å². The van der Waals surface area contributed by atoms with Crippen molar-refractivity contribution in [2.24, 2.45) is 0 Å². The van der Waals surface area contributed by atoms with E-state index in [4.69, 9.17) is 0 Å². The van der Waals surface area contributed by atoms with E-state index in [-0.39, 0.29) is 40.0 Å². The second kappa shape index (κ2) is 6.94. The smallest absolute Gasteiger partial charge is 1.00 e. The number of benzene rings is 1. The molecule has 3 heteroatoms. The zero-order valence-electron chi connectivity index (χ0n) is 6.84.